The van der Waals surface area contributed by atoms with E-state index in [1.54, 1.807) is 0 Å². The minimum atomic E-state index is -0.822. The van der Waals surface area contributed by atoms with Crippen LogP contribution in [0.25, 0.3) is 0 Å². The van der Waals surface area contributed by atoms with E-state index < -0.39 is 30.9 Å². The molecule has 0 unspecified atom stereocenters. The standard InChI is InChI=1S/C44H53NO5.C29H45NO5/c1-33-23-25-38(26-24-33)49-28-27-44(48)45-41(29-35-15-7-3-8-16-35)43(47)31-36(18-11-17-34-13-5-2-6-14-34)30-42(46)37-19-12-22-40(32-37)50-39-20-9-4-10-21-39;1-21(2)13-14-23(18-27(33)24-11-7-4-8-12-24)19-28(34)26(17-22-9-5-3-6-10-22)30-29(35)16-15-25(32)20-31/h3-4,7-10,12,15-16,19-26,32,34,36,41,43,47H,2,5-6,11,13-14,17-18,27-31H2,1H3,(H,45,48);3,5-6,9-10,21,23-24,26,28,31,34H,4,7-8,11-20H2,1-2H3,(H,30,35)/t36-,41+,43+;23-,26+,28+/m11/s1. The van der Waals surface area contributed by atoms with Crippen LogP contribution in [0.3, 0.4) is 0 Å². The molecule has 5 N–H and O–H groups in total. The number of hydrogen-bond acceptors (Lipinski definition) is 10. The first-order valence-corrected chi connectivity index (χ1v) is 31.9. The number of ketones is 3. The van der Waals surface area contributed by atoms with Crippen molar-refractivity contribution in [2.75, 3.05) is 13.2 Å². The van der Waals surface area contributed by atoms with Gasteiger partial charge < -0.3 is 35.4 Å². The van der Waals surface area contributed by atoms with Crippen molar-refractivity contribution in [3.63, 3.8) is 0 Å². The van der Waals surface area contributed by atoms with E-state index in [9.17, 15) is 34.2 Å². The summed E-state index contributed by atoms with van der Waals surface area (Å²) in [6.07, 6.45) is 18.0. The molecule has 0 radical (unpaired) electrons. The molecule has 0 saturated heterocycles. The molecule has 0 aromatic heterocycles. The molecule has 0 spiro atoms. The Morgan fingerprint density at radius 1 is 0.565 bits per heavy atom. The maximum absolute atomic E-state index is 13.8. The number of carbonyl (C=O) groups excluding carboxylic acids is 5. The van der Waals surface area contributed by atoms with Crippen molar-refractivity contribution >= 4 is 29.2 Å². The van der Waals surface area contributed by atoms with Crippen molar-refractivity contribution in [1.82, 2.24) is 10.6 Å². The minimum absolute atomic E-state index is 0.0195. The van der Waals surface area contributed by atoms with Gasteiger partial charge in [-0.25, -0.2) is 0 Å². The van der Waals surface area contributed by atoms with E-state index in [2.05, 4.69) is 24.5 Å². The average molecular weight is 1160 g/mol. The Bertz CT molecular complexity index is 2710. The Morgan fingerprint density at radius 2 is 1.11 bits per heavy atom. The third-order valence-electron chi connectivity index (χ3n) is 17.1. The van der Waals surface area contributed by atoms with Gasteiger partial charge in [-0.15, -0.1) is 0 Å². The van der Waals surface area contributed by atoms with Crippen molar-refractivity contribution in [2.24, 2.45) is 29.6 Å². The van der Waals surface area contributed by atoms with Gasteiger partial charge >= 0.3 is 0 Å². The Kier molecular flexibility index (Phi) is 30.1. The topological polar surface area (TPSA) is 189 Å². The van der Waals surface area contributed by atoms with Crippen molar-refractivity contribution in [3.8, 4) is 17.2 Å². The van der Waals surface area contributed by atoms with Crippen LogP contribution in [0.1, 0.15) is 182 Å². The molecular weight excluding hydrogens is 1060 g/mol. The van der Waals surface area contributed by atoms with Crippen LogP contribution in [0, 0.1) is 36.5 Å². The predicted molar refractivity (Wildman–Crippen MR) is 338 cm³/mol. The monoisotopic (exact) mass is 1160 g/mol. The van der Waals surface area contributed by atoms with E-state index >= 15 is 0 Å². The molecule has 460 valence electrons. The number of rotatable bonds is 35. The van der Waals surface area contributed by atoms with Crippen LogP contribution in [0.5, 0.6) is 17.2 Å². The van der Waals surface area contributed by atoms with E-state index in [0.29, 0.717) is 67.3 Å². The number of aryl methyl sites for hydroxylation is 1. The van der Waals surface area contributed by atoms with Gasteiger partial charge in [0, 0.05) is 37.2 Å². The van der Waals surface area contributed by atoms with E-state index in [4.69, 9.17) is 14.6 Å². The molecule has 7 rings (SSSR count). The lowest BCUT2D eigenvalue weighted by Gasteiger charge is -2.29. The smallest absolute Gasteiger partial charge is 0.223 e. The molecule has 5 aromatic carbocycles. The maximum atomic E-state index is 13.8. The lowest BCUT2D eigenvalue weighted by atomic mass is 9.80. The Hall–Kier alpha value is -6.47. The fraction of sp³-hybridized carbons (Fsp3) is 0.521. The van der Waals surface area contributed by atoms with E-state index in [0.717, 1.165) is 86.1 Å². The van der Waals surface area contributed by atoms with Gasteiger partial charge in [-0.2, -0.15) is 0 Å². The molecule has 5 aromatic rings. The third kappa shape index (κ3) is 26.4. The second-order valence-corrected chi connectivity index (χ2v) is 24.7. The summed E-state index contributed by atoms with van der Waals surface area (Å²) in [7, 11) is 0. The van der Waals surface area contributed by atoms with Gasteiger partial charge in [-0.1, -0.05) is 193 Å². The van der Waals surface area contributed by atoms with Gasteiger partial charge in [0.15, 0.2) is 11.6 Å². The zero-order valence-electron chi connectivity index (χ0n) is 51.1. The number of nitrogens with one attached hydrogen (secondary N) is 2. The highest BCUT2D eigenvalue weighted by Gasteiger charge is 2.30. The van der Waals surface area contributed by atoms with E-state index in [1.807, 2.05) is 146 Å². The fourth-order valence-electron chi connectivity index (χ4n) is 12.1. The summed E-state index contributed by atoms with van der Waals surface area (Å²) in [6.45, 7) is 6.03. The first kappa shape index (κ1) is 67.7. The van der Waals surface area contributed by atoms with Crippen LogP contribution >= 0.6 is 0 Å². The summed E-state index contributed by atoms with van der Waals surface area (Å²) in [5.74, 6) is 3.04. The molecule has 2 saturated carbocycles. The third-order valence-corrected chi connectivity index (χ3v) is 17.1. The van der Waals surface area contributed by atoms with Crippen LogP contribution in [-0.4, -0.2) is 82.0 Å². The second-order valence-electron chi connectivity index (χ2n) is 24.7. The SMILES string of the molecule is CC(C)CC[C@H](CC(=O)C1CCCCC1)C[C@H](O)[C@H](Cc1ccccc1)NC(=O)CCC(=O)CO.Cc1ccc(OCCC(=O)N[C@@H](Cc2ccccc2)[C@@H](O)C[C@H](CCCC2CCCCC2)CC(=O)c2cccc(Oc3ccccc3)c2)cc1. The molecule has 2 aliphatic rings. The highest BCUT2D eigenvalue weighted by molar-refractivity contribution is 5.96. The molecule has 0 heterocycles. The molecule has 2 amide bonds. The van der Waals surface area contributed by atoms with Crippen LogP contribution in [0.4, 0.5) is 0 Å². The molecule has 12 heteroatoms. The Labute approximate surface area is 507 Å². The van der Waals surface area contributed by atoms with Crippen molar-refractivity contribution < 1.29 is 48.8 Å². The molecule has 6 atom stereocenters. The van der Waals surface area contributed by atoms with Gasteiger partial charge in [-0.3, -0.25) is 24.0 Å². The second kappa shape index (κ2) is 37.9. The van der Waals surface area contributed by atoms with Crippen LogP contribution < -0.4 is 20.1 Å². The number of aliphatic hydroxyl groups is 3. The molecule has 0 bridgehead atoms. The van der Waals surface area contributed by atoms with Gasteiger partial charge in [-0.05, 0) is 129 Å². The quantitative estimate of drug-likeness (QED) is 0.0244. The number of carbonyl (C=O) groups is 5. The molecular formula is C73H98N2O10. The minimum Gasteiger partial charge on any atom is -0.493 e. The average Bonchev–Trinajstić information content (AvgIpc) is 3.58. The summed E-state index contributed by atoms with van der Waals surface area (Å²) < 4.78 is 11.8. The first-order chi connectivity index (χ1) is 41.2. The van der Waals surface area contributed by atoms with Crippen molar-refractivity contribution in [3.05, 3.63) is 162 Å². The summed E-state index contributed by atoms with van der Waals surface area (Å²) in [5.41, 5.74) is 3.79. The van der Waals surface area contributed by atoms with E-state index in [-0.39, 0.29) is 67.0 Å². The number of ether oxygens (including phenoxy) is 2. The van der Waals surface area contributed by atoms with Gasteiger partial charge in [0.05, 0.1) is 37.3 Å². The largest absolute Gasteiger partial charge is 0.493 e. The Balaban J connectivity index is 0.000000291. The summed E-state index contributed by atoms with van der Waals surface area (Å²) in [4.78, 5) is 64.0. The van der Waals surface area contributed by atoms with Crippen LogP contribution in [0.2, 0.25) is 0 Å². The van der Waals surface area contributed by atoms with Gasteiger partial charge in [0.25, 0.3) is 0 Å². The zero-order chi connectivity index (χ0) is 60.6. The lowest BCUT2D eigenvalue weighted by molar-refractivity contribution is -0.127. The summed E-state index contributed by atoms with van der Waals surface area (Å²) >= 11 is 0. The van der Waals surface area contributed by atoms with E-state index in [1.165, 1.54) is 38.5 Å². The predicted octanol–water partition coefficient (Wildman–Crippen LogP) is 14.1. The maximum Gasteiger partial charge on any atom is 0.223 e. The normalized spacial score (nSPS) is 15.9. The summed E-state index contributed by atoms with van der Waals surface area (Å²) in [5, 5.41) is 38.0. The zero-order valence-corrected chi connectivity index (χ0v) is 51.1. The van der Waals surface area contributed by atoms with Gasteiger partial charge in [0.2, 0.25) is 11.8 Å². The highest BCUT2D eigenvalue weighted by Crippen LogP contribution is 2.33. The number of benzene rings is 5. The number of Topliss-reactive ketones (excluding diaryl/α,β-unsaturated/α-hetero) is 3. The van der Waals surface area contributed by atoms with Crippen molar-refractivity contribution in [1.29, 1.82) is 0 Å². The molecule has 2 aliphatic carbocycles. The highest BCUT2D eigenvalue weighted by atomic mass is 16.5. The number of aliphatic hydroxyl groups excluding tert-OH is 3. The molecule has 0 aliphatic heterocycles. The molecule has 12 nitrogen and oxygen atoms in total. The first-order valence-electron chi connectivity index (χ1n) is 31.9. The van der Waals surface area contributed by atoms with Crippen molar-refractivity contribution in [2.45, 2.75) is 199 Å². The number of para-hydroxylation sites is 1. The van der Waals surface area contributed by atoms with Crippen LogP contribution in [0.15, 0.2) is 140 Å². The van der Waals surface area contributed by atoms with Crippen LogP contribution in [-0.2, 0) is 32.0 Å². The number of amides is 2. The van der Waals surface area contributed by atoms with Gasteiger partial charge in [0.1, 0.15) is 29.6 Å². The Morgan fingerprint density at radius 3 is 1.68 bits per heavy atom. The molecule has 2 fully saturated rings. The fourth-order valence-corrected chi connectivity index (χ4v) is 12.1. The summed E-state index contributed by atoms with van der Waals surface area (Å²) in [6, 6.07) is 43.3. The molecule has 85 heavy (non-hydrogen) atoms. The number of hydrogen-bond donors (Lipinski definition) is 5. The lowest BCUT2D eigenvalue weighted by Crippen LogP contribution is -2.46.